The lowest BCUT2D eigenvalue weighted by molar-refractivity contribution is -0.125. The fourth-order valence-corrected chi connectivity index (χ4v) is 4.90. The highest BCUT2D eigenvalue weighted by molar-refractivity contribution is 6.31. The maximum atomic E-state index is 13.0. The summed E-state index contributed by atoms with van der Waals surface area (Å²) in [6.07, 6.45) is 1.74. The first-order valence-electron chi connectivity index (χ1n) is 11.6. The molecule has 1 aliphatic rings. The van der Waals surface area contributed by atoms with Gasteiger partial charge in [0, 0.05) is 24.7 Å². The third kappa shape index (κ3) is 4.23. The van der Waals surface area contributed by atoms with Crippen molar-refractivity contribution in [2.75, 3.05) is 18.0 Å². The predicted molar refractivity (Wildman–Crippen MR) is 134 cm³/mol. The maximum Gasteiger partial charge on any atom is 0.225 e. The van der Waals surface area contributed by atoms with Crippen LogP contribution in [0.2, 0.25) is 5.02 Å². The predicted octanol–water partition coefficient (Wildman–Crippen LogP) is 4.62. The number of amides is 1. The Hall–Kier alpha value is -3.45. The molecular formula is C26H27ClN6O. The lowest BCUT2D eigenvalue weighted by Crippen LogP contribution is -2.43. The van der Waals surface area contributed by atoms with Crippen LogP contribution in [0.15, 0.2) is 54.6 Å². The minimum Gasteiger partial charge on any atom is -0.352 e. The van der Waals surface area contributed by atoms with Gasteiger partial charge in [0.05, 0.1) is 28.4 Å². The summed E-state index contributed by atoms with van der Waals surface area (Å²) in [6, 6.07) is 17.6. The first-order chi connectivity index (χ1) is 16.5. The molecule has 3 heterocycles. The van der Waals surface area contributed by atoms with Crippen LogP contribution in [-0.4, -0.2) is 39.0 Å². The van der Waals surface area contributed by atoms with E-state index in [0.29, 0.717) is 18.1 Å². The lowest BCUT2D eigenvalue weighted by atomic mass is 9.97. The van der Waals surface area contributed by atoms with E-state index >= 15 is 0 Å². The van der Waals surface area contributed by atoms with Gasteiger partial charge in [0.1, 0.15) is 5.52 Å². The minimum atomic E-state index is -0.133. The van der Waals surface area contributed by atoms with Crippen molar-refractivity contribution in [2.45, 2.75) is 33.2 Å². The van der Waals surface area contributed by atoms with E-state index in [0.717, 1.165) is 58.7 Å². The van der Waals surface area contributed by atoms with Crippen molar-refractivity contribution in [2.24, 2.45) is 5.92 Å². The number of carbonyl (C=O) groups is 1. The van der Waals surface area contributed by atoms with Gasteiger partial charge in [-0.1, -0.05) is 48.0 Å². The molecule has 0 aliphatic carbocycles. The summed E-state index contributed by atoms with van der Waals surface area (Å²) in [4.78, 5) is 15.1. The smallest absolute Gasteiger partial charge is 0.225 e. The summed E-state index contributed by atoms with van der Waals surface area (Å²) < 4.78 is 1.95. The molecule has 0 bridgehead atoms. The number of piperidine rings is 1. The van der Waals surface area contributed by atoms with Crippen LogP contribution in [-0.2, 0) is 11.3 Å². The molecule has 1 N–H and O–H groups in total. The van der Waals surface area contributed by atoms with Crippen LogP contribution in [0.5, 0.6) is 0 Å². The summed E-state index contributed by atoms with van der Waals surface area (Å²) in [5.74, 6) is 0.639. The molecule has 2 aromatic heterocycles. The van der Waals surface area contributed by atoms with Crippen LogP contribution in [0.3, 0.4) is 0 Å². The van der Waals surface area contributed by atoms with E-state index in [4.69, 9.17) is 16.7 Å². The number of aryl methyl sites for hydroxylation is 2. The summed E-state index contributed by atoms with van der Waals surface area (Å²) in [6.45, 7) is 5.84. The van der Waals surface area contributed by atoms with E-state index in [1.165, 1.54) is 0 Å². The molecule has 1 amide bonds. The van der Waals surface area contributed by atoms with Gasteiger partial charge in [-0.05, 0) is 50.5 Å². The molecule has 1 fully saturated rings. The highest BCUT2D eigenvalue weighted by atomic mass is 35.5. The third-order valence-electron chi connectivity index (χ3n) is 6.49. The van der Waals surface area contributed by atoms with E-state index in [2.05, 4.69) is 27.3 Å². The van der Waals surface area contributed by atoms with Crippen molar-refractivity contribution in [1.29, 1.82) is 0 Å². The highest BCUT2D eigenvalue weighted by Crippen LogP contribution is 2.31. The number of para-hydroxylation sites is 1. The molecule has 1 aliphatic heterocycles. The first-order valence-corrected chi connectivity index (χ1v) is 11.9. The van der Waals surface area contributed by atoms with Crippen LogP contribution in [0.4, 0.5) is 5.82 Å². The molecule has 8 heteroatoms. The number of carbonyl (C=O) groups excluding carboxylic acids is 1. The van der Waals surface area contributed by atoms with Gasteiger partial charge in [0.25, 0.3) is 0 Å². The summed E-state index contributed by atoms with van der Waals surface area (Å²) in [5, 5.41) is 18.6. The summed E-state index contributed by atoms with van der Waals surface area (Å²) in [5.41, 5.74) is 4.62. The molecule has 5 rings (SSSR count). The fraction of sp³-hybridized carbons (Fsp3) is 0.308. The summed E-state index contributed by atoms with van der Waals surface area (Å²) >= 11 is 6.24. The van der Waals surface area contributed by atoms with Gasteiger partial charge in [-0.25, -0.2) is 4.68 Å². The molecule has 174 valence electrons. The Morgan fingerprint density at radius 1 is 1.09 bits per heavy atom. The molecule has 0 saturated carbocycles. The Morgan fingerprint density at radius 2 is 1.85 bits per heavy atom. The van der Waals surface area contributed by atoms with Gasteiger partial charge in [-0.2, -0.15) is 10.2 Å². The molecule has 34 heavy (non-hydrogen) atoms. The van der Waals surface area contributed by atoms with E-state index in [-0.39, 0.29) is 11.8 Å². The summed E-state index contributed by atoms with van der Waals surface area (Å²) in [7, 11) is 0. The zero-order valence-corrected chi connectivity index (χ0v) is 20.1. The molecule has 1 saturated heterocycles. The van der Waals surface area contributed by atoms with Gasteiger partial charge in [-0.3, -0.25) is 4.79 Å². The Morgan fingerprint density at radius 3 is 2.65 bits per heavy atom. The number of nitrogens with one attached hydrogen (secondary N) is 1. The molecular weight excluding hydrogens is 448 g/mol. The first kappa shape index (κ1) is 22.3. The van der Waals surface area contributed by atoms with Crippen LogP contribution < -0.4 is 10.2 Å². The topological polar surface area (TPSA) is 75.9 Å². The second kappa shape index (κ2) is 9.43. The second-order valence-electron chi connectivity index (χ2n) is 8.76. The van der Waals surface area contributed by atoms with E-state index in [1.54, 1.807) is 0 Å². The zero-order valence-electron chi connectivity index (χ0n) is 19.3. The highest BCUT2D eigenvalue weighted by Gasteiger charge is 2.29. The van der Waals surface area contributed by atoms with Crippen LogP contribution in [0, 0.1) is 19.8 Å². The Balaban J connectivity index is 1.40. The zero-order chi connectivity index (χ0) is 23.7. The number of anilines is 1. The monoisotopic (exact) mass is 474 g/mol. The molecule has 7 nitrogen and oxygen atoms in total. The van der Waals surface area contributed by atoms with Crippen LogP contribution in [0.1, 0.15) is 29.8 Å². The average Bonchev–Trinajstić information content (AvgIpc) is 3.22. The number of aromatic nitrogens is 4. The number of hydrogen-bond donors (Lipinski definition) is 1. The molecule has 0 spiro atoms. The van der Waals surface area contributed by atoms with Crippen LogP contribution in [0.25, 0.3) is 16.6 Å². The van der Waals surface area contributed by atoms with Crippen molar-refractivity contribution in [1.82, 2.24) is 25.3 Å². The van der Waals surface area contributed by atoms with E-state index in [1.807, 2.05) is 66.2 Å². The SMILES string of the molecule is Cc1nnc(N2CCC[C@@H](C(=O)NCc3ccccc3Cl)C2)c2nn(-c3ccccc3)c(C)c12. The molecule has 0 unspecified atom stereocenters. The van der Waals surface area contributed by atoms with Crippen molar-refractivity contribution in [3.63, 3.8) is 0 Å². The number of hydrogen-bond acceptors (Lipinski definition) is 5. The van der Waals surface area contributed by atoms with Crippen molar-refractivity contribution >= 4 is 34.2 Å². The standard InChI is InChI=1S/C26H27ClN6O/c1-17-23-18(2)33(21-11-4-3-5-12-21)31-24(23)25(30-29-17)32-14-8-10-20(16-32)26(34)28-15-19-9-6-7-13-22(19)27/h3-7,9,11-13,20H,8,10,14-16H2,1-2H3,(H,28,34)/t20-/m1/s1. The number of fused-ring (bicyclic) bond motifs is 1. The molecule has 4 aromatic rings. The van der Waals surface area contributed by atoms with Crippen molar-refractivity contribution in [3.8, 4) is 5.69 Å². The molecule has 2 aromatic carbocycles. The molecule has 1 atom stereocenters. The number of halogens is 1. The van der Waals surface area contributed by atoms with Crippen molar-refractivity contribution in [3.05, 3.63) is 76.6 Å². The Labute approximate surface area is 203 Å². The Kier molecular flexibility index (Phi) is 6.20. The lowest BCUT2D eigenvalue weighted by Gasteiger charge is -2.32. The van der Waals surface area contributed by atoms with Gasteiger partial charge >= 0.3 is 0 Å². The molecule has 0 radical (unpaired) electrons. The number of rotatable bonds is 5. The van der Waals surface area contributed by atoms with Gasteiger partial charge in [-0.15, -0.1) is 5.10 Å². The van der Waals surface area contributed by atoms with Gasteiger partial charge in [0.15, 0.2) is 5.82 Å². The third-order valence-corrected chi connectivity index (χ3v) is 6.86. The normalized spacial score (nSPS) is 16.1. The van der Waals surface area contributed by atoms with Gasteiger partial charge in [0.2, 0.25) is 5.91 Å². The Bertz CT molecular complexity index is 1340. The number of nitrogens with zero attached hydrogens (tertiary/aromatic N) is 5. The second-order valence-corrected chi connectivity index (χ2v) is 9.17. The largest absolute Gasteiger partial charge is 0.352 e. The number of benzene rings is 2. The van der Waals surface area contributed by atoms with E-state index in [9.17, 15) is 4.79 Å². The van der Waals surface area contributed by atoms with Crippen molar-refractivity contribution < 1.29 is 4.79 Å². The maximum absolute atomic E-state index is 13.0. The quantitative estimate of drug-likeness (QED) is 0.456. The van der Waals surface area contributed by atoms with E-state index < -0.39 is 0 Å². The van der Waals surface area contributed by atoms with Gasteiger partial charge < -0.3 is 10.2 Å². The average molecular weight is 475 g/mol. The fourth-order valence-electron chi connectivity index (χ4n) is 4.70. The minimum absolute atomic E-state index is 0.0342. The van der Waals surface area contributed by atoms with Crippen LogP contribution >= 0.6 is 11.6 Å².